The summed E-state index contributed by atoms with van der Waals surface area (Å²) >= 11 is 0. The standard InChI is InChI=1S/C18H30N2/c1-13-7-5-9-16(11-13)18(15(3)19)20(4)17-10-6-8-14(2)12-17/h5,7,9,11,14-15,17-18H,6,8,10,12,19H2,1-4H3. The highest BCUT2D eigenvalue weighted by molar-refractivity contribution is 5.26. The Labute approximate surface area is 124 Å². The van der Waals surface area contributed by atoms with Crippen LogP contribution in [-0.2, 0) is 0 Å². The highest BCUT2D eigenvalue weighted by Gasteiger charge is 2.29. The van der Waals surface area contributed by atoms with Crippen molar-refractivity contribution in [2.24, 2.45) is 11.7 Å². The minimum atomic E-state index is 0.152. The number of nitrogens with zero attached hydrogens (tertiary/aromatic N) is 1. The minimum absolute atomic E-state index is 0.152. The van der Waals surface area contributed by atoms with Gasteiger partial charge in [-0.1, -0.05) is 49.6 Å². The fourth-order valence-corrected chi connectivity index (χ4v) is 3.76. The van der Waals surface area contributed by atoms with Gasteiger partial charge in [0.15, 0.2) is 0 Å². The molecule has 0 bridgehead atoms. The average molecular weight is 274 g/mol. The molecule has 1 aromatic rings. The van der Waals surface area contributed by atoms with Gasteiger partial charge < -0.3 is 5.73 Å². The predicted molar refractivity (Wildman–Crippen MR) is 86.8 cm³/mol. The molecule has 1 saturated carbocycles. The Morgan fingerprint density at radius 1 is 1.30 bits per heavy atom. The fraction of sp³-hybridized carbons (Fsp3) is 0.667. The van der Waals surface area contributed by atoms with E-state index in [0.717, 1.165) is 5.92 Å². The van der Waals surface area contributed by atoms with Crippen LogP contribution in [0, 0.1) is 12.8 Å². The molecule has 2 heteroatoms. The van der Waals surface area contributed by atoms with Crippen molar-refractivity contribution < 1.29 is 0 Å². The summed E-state index contributed by atoms with van der Waals surface area (Å²) in [5.74, 6) is 0.849. The van der Waals surface area contributed by atoms with Gasteiger partial charge in [-0.2, -0.15) is 0 Å². The van der Waals surface area contributed by atoms with Gasteiger partial charge in [0.05, 0.1) is 0 Å². The number of nitrogens with two attached hydrogens (primary N) is 1. The SMILES string of the molecule is Cc1cccc(C(C(C)N)N(C)C2CCCC(C)C2)c1. The second-order valence-electron chi connectivity index (χ2n) is 6.81. The average Bonchev–Trinajstić information content (AvgIpc) is 2.38. The smallest absolute Gasteiger partial charge is 0.0496 e. The van der Waals surface area contributed by atoms with Crippen LogP contribution in [0.2, 0.25) is 0 Å². The number of rotatable bonds is 4. The van der Waals surface area contributed by atoms with Gasteiger partial charge in [0.25, 0.3) is 0 Å². The molecule has 4 unspecified atom stereocenters. The predicted octanol–water partition coefficient (Wildman–Crippen LogP) is 3.89. The third-order valence-electron chi connectivity index (χ3n) is 4.81. The van der Waals surface area contributed by atoms with Gasteiger partial charge in [-0.25, -0.2) is 0 Å². The molecular weight excluding hydrogens is 244 g/mol. The number of hydrogen-bond donors (Lipinski definition) is 1. The molecule has 1 aliphatic carbocycles. The quantitative estimate of drug-likeness (QED) is 0.902. The number of hydrogen-bond acceptors (Lipinski definition) is 2. The summed E-state index contributed by atoms with van der Waals surface area (Å²) in [7, 11) is 2.26. The topological polar surface area (TPSA) is 29.3 Å². The van der Waals surface area contributed by atoms with E-state index in [1.54, 1.807) is 0 Å². The maximum absolute atomic E-state index is 6.32. The molecular formula is C18H30N2. The van der Waals surface area contributed by atoms with Crippen LogP contribution >= 0.6 is 0 Å². The van der Waals surface area contributed by atoms with Crippen LogP contribution < -0.4 is 5.73 Å². The number of benzene rings is 1. The van der Waals surface area contributed by atoms with Crippen molar-refractivity contribution in [1.29, 1.82) is 0 Å². The Balaban J connectivity index is 2.19. The third kappa shape index (κ3) is 3.62. The zero-order chi connectivity index (χ0) is 14.7. The van der Waals surface area contributed by atoms with Gasteiger partial charge >= 0.3 is 0 Å². The van der Waals surface area contributed by atoms with Crippen molar-refractivity contribution in [2.75, 3.05) is 7.05 Å². The maximum Gasteiger partial charge on any atom is 0.0496 e. The maximum atomic E-state index is 6.32. The van der Waals surface area contributed by atoms with Crippen LogP contribution in [0.25, 0.3) is 0 Å². The molecule has 0 amide bonds. The summed E-state index contributed by atoms with van der Waals surface area (Å²) in [4.78, 5) is 2.54. The molecule has 2 N–H and O–H groups in total. The molecule has 0 aliphatic heterocycles. The molecule has 0 radical (unpaired) electrons. The van der Waals surface area contributed by atoms with Gasteiger partial charge in [0.1, 0.15) is 0 Å². The summed E-state index contributed by atoms with van der Waals surface area (Å²) in [6.45, 7) is 6.67. The van der Waals surface area contributed by atoms with Gasteiger partial charge in [-0.15, -0.1) is 0 Å². The molecule has 2 nitrogen and oxygen atoms in total. The van der Waals surface area contributed by atoms with E-state index >= 15 is 0 Å². The highest BCUT2D eigenvalue weighted by Crippen LogP contribution is 2.33. The molecule has 112 valence electrons. The molecule has 0 saturated heterocycles. The summed E-state index contributed by atoms with van der Waals surface area (Å²) in [6.07, 6.45) is 5.37. The van der Waals surface area contributed by atoms with Gasteiger partial charge in [0, 0.05) is 18.1 Å². The lowest BCUT2D eigenvalue weighted by Gasteiger charge is -2.41. The Bertz CT molecular complexity index is 427. The van der Waals surface area contributed by atoms with Crippen LogP contribution in [0.15, 0.2) is 24.3 Å². The lowest BCUT2D eigenvalue weighted by atomic mass is 9.84. The summed E-state index contributed by atoms with van der Waals surface area (Å²) in [5.41, 5.74) is 9.00. The molecule has 1 aromatic carbocycles. The van der Waals surface area contributed by atoms with E-state index in [2.05, 4.69) is 57.0 Å². The molecule has 4 atom stereocenters. The Morgan fingerprint density at radius 3 is 2.65 bits per heavy atom. The van der Waals surface area contributed by atoms with Crippen molar-refractivity contribution in [3.05, 3.63) is 35.4 Å². The van der Waals surface area contributed by atoms with Gasteiger partial charge in [0.2, 0.25) is 0 Å². The number of likely N-dealkylation sites (N-methyl/N-ethyl adjacent to an activating group) is 1. The molecule has 1 fully saturated rings. The Morgan fingerprint density at radius 2 is 2.05 bits per heavy atom. The fourth-order valence-electron chi connectivity index (χ4n) is 3.76. The zero-order valence-electron chi connectivity index (χ0n) is 13.5. The van der Waals surface area contributed by atoms with E-state index < -0.39 is 0 Å². The van der Waals surface area contributed by atoms with Crippen molar-refractivity contribution >= 4 is 0 Å². The van der Waals surface area contributed by atoms with Crippen molar-refractivity contribution in [3.63, 3.8) is 0 Å². The van der Waals surface area contributed by atoms with E-state index in [4.69, 9.17) is 5.73 Å². The van der Waals surface area contributed by atoms with Crippen LogP contribution in [0.4, 0.5) is 0 Å². The van der Waals surface area contributed by atoms with Gasteiger partial charge in [-0.3, -0.25) is 4.90 Å². The summed E-state index contributed by atoms with van der Waals surface area (Å²) in [5, 5.41) is 0. The van der Waals surface area contributed by atoms with E-state index in [0.29, 0.717) is 12.1 Å². The van der Waals surface area contributed by atoms with Crippen LogP contribution in [0.5, 0.6) is 0 Å². The van der Waals surface area contributed by atoms with Crippen LogP contribution in [-0.4, -0.2) is 24.0 Å². The van der Waals surface area contributed by atoms with E-state index in [-0.39, 0.29) is 6.04 Å². The largest absolute Gasteiger partial charge is 0.326 e. The lowest BCUT2D eigenvalue weighted by molar-refractivity contribution is 0.106. The van der Waals surface area contributed by atoms with Crippen LogP contribution in [0.1, 0.15) is 56.7 Å². The second kappa shape index (κ2) is 6.73. The molecule has 1 aliphatic rings. The second-order valence-corrected chi connectivity index (χ2v) is 6.81. The first-order chi connectivity index (χ1) is 9.49. The third-order valence-corrected chi connectivity index (χ3v) is 4.81. The first-order valence-electron chi connectivity index (χ1n) is 8.03. The monoisotopic (exact) mass is 274 g/mol. The molecule has 0 spiro atoms. The first-order valence-corrected chi connectivity index (χ1v) is 8.03. The molecule has 2 rings (SSSR count). The first kappa shape index (κ1) is 15.5. The van der Waals surface area contributed by atoms with Crippen molar-refractivity contribution in [1.82, 2.24) is 4.90 Å². The number of aryl methyl sites for hydroxylation is 1. The summed E-state index contributed by atoms with van der Waals surface area (Å²) in [6, 6.07) is 9.97. The normalized spacial score (nSPS) is 26.5. The van der Waals surface area contributed by atoms with Crippen molar-refractivity contribution in [2.45, 2.75) is 64.6 Å². The lowest BCUT2D eigenvalue weighted by Crippen LogP contribution is -2.44. The Kier molecular flexibility index (Phi) is 5.22. The van der Waals surface area contributed by atoms with E-state index in [1.807, 2.05) is 0 Å². The Hall–Kier alpha value is -0.860. The summed E-state index contributed by atoms with van der Waals surface area (Å²) < 4.78 is 0. The highest BCUT2D eigenvalue weighted by atomic mass is 15.2. The molecule has 20 heavy (non-hydrogen) atoms. The van der Waals surface area contributed by atoms with E-state index in [9.17, 15) is 0 Å². The van der Waals surface area contributed by atoms with Gasteiger partial charge in [-0.05, 0) is 45.2 Å². The minimum Gasteiger partial charge on any atom is -0.326 e. The molecule has 0 aromatic heterocycles. The molecule has 0 heterocycles. The van der Waals surface area contributed by atoms with E-state index in [1.165, 1.54) is 36.8 Å². The zero-order valence-corrected chi connectivity index (χ0v) is 13.5. The van der Waals surface area contributed by atoms with Crippen molar-refractivity contribution in [3.8, 4) is 0 Å². The van der Waals surface area contributed by atoms with Crippen LogP contribution in [0.3, 0.4) is 0 Å².